The highest BCUT2D eigenvalue weighted by Gasteiger charge is 2.41. The molecule has 2 aromatic rings. The molecule has 2 aliphatic rings. The standard InChI is InChI=1S/C19H19BrN2O/c1-12(2)19-22-17(15-5-3-4-6-18(15)23-19)11-16(21-22)13-7-9-14(20)10-8-13/h3-10,12,17,19H,11H2,1-2H3/t17-,19-/m0/s1. The van der Waals surface area contributed by atoms with Gasteiger partial charge in [0, 0.05) is 22.4 Å². The molecule has 0 spiro atoms. The number of hydrazone groups is 1. The Labute approximate surface area is 145 Å². The lowest BCUT2D eigenvalue weighted by molar-refractivity contribution is -0.0461. The summed E-state index contributed by atoms with van der Waals surface area (Å²) in [6.45, 7) is 4.37. The van der Waals surface area contributed by atoms with Crippen molar-refractivity contribution < 1.29 is 4.74 Å². The van der Waals surface area contributed by atoms with Gasteiger partial charge in [-0.3, -0.25) is 0 Å². The second-order valence-electron chi connectivity index (χ2n) is 6.44. The van der Waals surface area contributed by atoms with Gasteiger partial charge >= 0.3 is 0 Å². The van der Waals surface area contributed by atoms with Gasteiger partial charge in [-0.1, -0.05) is 60.1 Å². The number of hydrogen-bond acceptors (Lipinski definition) is 3. The summed E-state index contributed by atoms with van der Waals surface area (Å²) in [6.07, 6.45) is 0.911. The van der Waals surface area contributed by atoms with Crippen molar-refractivity contribution in [3.05, 3.63) is 64.1 Å². The lowest BCUT2D eigenvalue weighted by Crippen LogP contribution is -2.43. The van der Waals surface area contributed by atoms with Crippen molar-refractivity contribution in [2.24, 2.45) is 11.0 Å². The van der Waals surface area contributed by atoms with E-state index in [1.54, 1.807) is 0 Å². The van der Waals surface area contributed by atoms with Crippen LogP contribution in [0.5, 0.6) is 5.75 Å². The molecule has 0 aliphatic carbocycles. The Bertz CT molecular complexity index is 754. The van der Waals surface area contributed by atoms with Crippen LogP contribution in [-0.4, -0.2) is 16.9 Å². The summed E-state index contributed by atoms with van der Waals surface area (Å²) < 4.78 is 7.31. The maximum atomic E-state index is 6.22. The average Bonchev–Trinajstić information content (AvgIpc) is 3.00. The van der Waals surface area contributed by atoms with Crippen molar-refractivity contribution >= 4 is 21.6 Å². The molecule has 2 atom stereocenters. The molecule has 4 rings (SSSR count). The molecule has 0 N–H and O–H groups in total. The third kappa shape index (κ3) is 2.55. The van der Waals surface area contributed by atoms with E-state index in [4.69, 9.17) is 9.84 Å². The van der Waals surface area contributed by atoms with Gasteiger partial charge in [-0.15, -0.1) is 0 Å². The van der Waals surface area contributed by atoms with E-state index in [1.807, 2.05) is 6.07 Å². The molecular formula is C19H19BrN2O. The molecule has 3 nitrogen and oxygen atoms in total. The van der Waals surface area contributed by atoms with E-state index in [9.17, 15) is 0 Å². The maximum absolute atomic E-state index is 6.22. The quantitative estimate of drug-likeness (QED) is 0.744. The monoisotopic (exact) mass is 370 g/mol. The Hall–Kier alpha value is -1.81. The molecule has 0 saturated heterocycles. The van der Waals surface area contributed by atoms with Crippen molar-refractivity contribution in [2.45, 2.75) is 32.5 Å². The fourth-order valence-electron chi connectivity index (χ4n) is 3.32. The Morgan fingerprint density at radius 1 is 1.13 bits per heavy atom. The highest BCUT2D eigenvalue weighted by atomic mass is 79.9. The van der Waals surface area contributed by atoms with E-state index in [-0.39, 0.29) is 12.3 Å². The predicted molar refractivity (Wildman–Crippen MR) is 95.6 cm³/mol. The number of rotatable bonds is 2. The molecule has 0 fully saturated rings. The summed E-state index contributed by atoms with van der Waals surface area (Å²) in [5, 5.41) is 7.08. The van der Waals surface area contributed by atoms with Crippen molar-refractivity contribution in [3.8, 4) is 5.75 Å². The molecule has 23 heavy (non-hydrogen) atoms. The third-order valence-electron chi connectivity index (χ3n) is 4.48. The predicted octanol–water partition coefficient (Wildman–Crippen LogP) is 4.97. The normalized spacial score (nSPS) is 22.4. The van der Waals surface area contributed by atoms with Gasteiger partial charge in [0.25, 0.3) is 0 Å². The average molecular weight is 371 g/mol. The fraction of sp³-hybridized carbons (Fsp3) is 0.316. The first-order chi connectivity index (χ1) is 11.1. The first-order valence-electron chi connectivity index (χ1n) is 8.01. The van der Waals surface area contributed by atoms with Gasteiger partial charge in [0.2, 0.25) is 0 Å². The van der Waals surface area contributed by atoms with Crippen LogP contribution >= 0.6 is 15.9 Å². The van der Waals surface area contributed by atoms with Crippen LogP contribution in [0.4, 0.5) is 0 Å². The fourth-order valence-corrected chi connectivity index (χ4v) is 3.58. The minimum absolute atomic E-state index is 0.0113. The number of halogens is 1. The molecule has 0 radical (unpaired) electrons. The number of nitrogens with zero attached hydrogens (tertiary/aromatic N) is 2. The number of para-hydroxylation sites is 1. The lowest BCUT2D eigenvalue weighted by Gasteiger charge is -2.39. The number of ether oxygens (including phenoxy) is 1. The van der Waals surface area contributed by atoms with Crippen LogP contribution in [0.3, 0.4) is 0 Å². The van der Waals surface area contributed by atoms with E-state index < -0.39 is 0 Å². The molecule has 2 heterocycles. The summed E-state index contributed by atoms with van der Waals surface area (Å²) in [7, 11) is 0. The van der Waals surface area contributed by atoms with Crippen LogP contribution < -0.4 is 4.74 Å². The summed E-state index contributed by atoms with van der Waals surface area (Å²) in [5.41, 5.74) is 3.55. The zero-order valence-electron chi connectivity index (χ0n) is 13.2. The van der Waals surface area contributed by atoms with Crippen molar-refractivity contribution in [1.29, 1.82) is 0 Å². The summed E-state index contributed by atoms with van der Waals surface area (Å²) in [6, 6.07) is 17.0. The summed E-state index contributed by atoms with van der Waals surface area (Å²) in [5.74, 6) is 1.37. The topological polar surface area (TPSA) is 24.8 Å². The Balaban J connectivity index is 1.74. The van der Waals surface area contributed by atoms with Gasteiger partial charge in [0.05, 0.1) is 11.8 Å². The molecule has 118 valence electrons. The minimum Gasteiger partial charge on any atom is -0.468 e. The zero-order valence-corrected chi connectivity index (χ0v) is 14.8. The zero-order chi connectivity index (χ0) is 16.0. The molecule has 2 aromatic carbocycles. The number of fused-ring (bicyclic) bond motifs is 3. The van der Waals surface area contributed by atoms with E-state index >= 15 is 0 Å². The van der Waals surface area contributed by atoms with Crippen LogP contribution in [0.1, 0.15) is 37.4 Å². The third-order valence-corrected chi connectivity index (χ3v) is 5.01. The van der Waals surface area contributed by atoms with Crippen LogP contribution in [0.15, 0.2) is 58.1 Å². The Morgan fingerprint density at radius 2 is 1.87 bits per heavy atom. The number of hydrogen-bond donors (Lipinski definition) is 0. The van der Waals surface area contributed by atoms with Crippen LogP contribution in [0.25, 0.3) is 0 Å². The Morgan fingerprint density at radius 3 is 2.61 bits per heavy atom. The van der Waals surface area contributed by atoms with Gasteiger partial charge in [0.1, 0.15) is 5.75 Å². The molecule has 0 unspecified atom stereocenters. The van der Waals surface area contributed by atoms with Crippen LogP contribution in [0.2, 0.25) is 0 Å². The SMILES string of the molecule is CC(C)[C@@H]1Oc2ccccc2[C@@H]2CC(c3ccc(Br)cc3)=NN21. The van der Waals surface area contributed by atoms with Gasteiger partial charge in [-0.05, 0) is 23.8 Å². The highest BCUT2D eigenvalue weighted by Crippen LogP contribution is 2.44. The van der Waals surface area contributed by atoms with Gasteiger partial charge in [-0.2, -0.15) is 5.10 Å². The second kappa shape index (κ2) is 5.68. The van der Waals surface area contributed by atoms with Crippen molar-refractivity contribution in [2.75, 3.05) is 0 Å². The first kappa shape index (κ1) is 14.8. The molecule has 0 aromatic heterocycles. The highest BCUT2D eigenvalue weighted by molar-refractivity contribution is 9.10. The van der Waals surface area contributed by atoms with Gasteiger partial charge in [0.15, 0.2) is 6.23 Å². The molecule has 4 heteroatoms. The Kier molecular flexibility index (Phi) is 3.64. The molecule has 0 amide bonds. The van der Waals surface area contributed by atoms with Crippen LogP contribution in [0, 0.1) is 5.92 Å². The molecular weight excluding hydrogens is 352 g/mol. The van der Waals surface area contributed by atoms with E-state index in [0.29, 0.717) is 5.92 Å². The molecule has 2 aliphatic heterocycles. The minimum atomic E-state index is -0.0113. The van der Waals surface area contributed by atoms with E-state index in [0.717, 1.165) is 22.4 Å². The number of benzene rings is 2. The first-order valence-corrected chi connectivity index (χ1v) is 8.80. The van der Waals surface area contributed by atoms with Crippen molar-refractivity contribution in [1.82, 2.24) is 5.01 Å². The molecule has 0 bridgehead atoms. The largest absolute Gasteiger partial charge is 0.468 e. The second-order valence-corrected chi connectivity index (χ2v) is 7.36. The van der Waals surface area contributed by atoms with E-state index in [2.05, 4.69) is 77.3 Å². The smallest absolute Gasteiger partial charge is 0.190 e. The van der Waals surface area contributed by atoms with Gasteiger partial charge < -0.3 is 4.74 Å². The van der Waals surface area contributed by atoms with Crippen molar-refractivity contribution in [3.63, 3.8) is 0 Å². The van der Waals surface area contributed by atoms with Crippen LogP contribution in [-0.2, 0) is 0 Å². The van der Waals surface area contributed by atoms with Gasteiger partial charge in [-0.25, -0.2) is 5.01 Å². The summed E-state index contributed by atoms with van der Waals surface area (Å²) in [4.78, 5) is 0. The molecule has 0 saturated carbocycles. The summed E-state index contributed by atoms with van der Waals surface area (Å²) >= 11 is 3.49. The van der Waals surface area contributed by atoms with E-state index in [1.165, 1.54) is 11.1 Å². The maximum Gasteiger partial charge on any atom is 0.190 e. The lowest BCUT2D eigenvalue weighted by atomic mass is 9.95.